The molecule has 0 saturated carbocycles. The highest BCUT2D eigenvalue weighted by Gasteiger charge is 2.27. The Kier molecular flexibility index (Phi) is 5.39. The number of likely N-dealkylation sites (tertiary alicyclic amines) is 1. The summed E-state index contributed by atoms with van der Waals surface area (Å²) in [5, 5.41) is 0. The van der Waals surface area contributed by atoms with Gasteiger partial charge in [0.25, 0.3) is 5.91 Å². The minimum Gasteiger partial charge on any atom is -0.338 e. The number of thiophene rings is 1. The fraction of sp³-hybridized carbons (Fsp3) is 0.312. The van der Waals surface area contributed by atoms with Crippen molar-refractivity contribution in [3.8, 4) is 0 Å². The lowest BCUT2D eigenvalue weighted by atomic mass is 10.1. The molecule has 128 valence electrons. The van der Waals surface area contributed by atoms with Crippen molar-refractivity contribution in [1.29, 1.82) is 0 Å². The van der Waals surface area contributed by atoms with Gasteiger partial charge in [-0.15, -0.1) is 11.3 Å². The lowest BCUT2D eigenvalue weighted by molar-refractivity contribution is 0.0716. The molecule has 1 aromatic carbocycles. The molecule has 1 aromatic heterocycles. The Morgan fingerprint density at radius 3 is 2.38 bits per heavy atom. The predicted octanol–water partition coefficient (Wildman–Crippen LogP) is 3.09. The molecule has 24 heavy (non-hydrogen) atoms. The number of halogens is 1. The summed E-state index contributed by atoms with van der Waals surface area (Å²) in [6.45, 7) is 1.10. The maximum atomic E-state index is 12.4. The molecular formula is C16H17BrN2O3S2. The second kappa shape index (κ2) is 7.35. The first-order valence-corrected chi connectivity index (χ1v) is 10.7. The highest BCUT2D eigenvalue weighted by Crippen LogP contribution is 2.24. The van der Waals surface area contributed by atoms with Crippen molar-refractivity contribution in [3.05, 3.63) is 51.1 Å². The van der Waals surface area contributed by atoms with Gasteiger partial charge in [0.05, 0.1) is 13.6 Å². The van der Waals surface area contributed by atoms with Gasteiger partial charge in [0.1, 0.15) is 0 Å². The van der Waals surface area contributed by atoms with Crippen LogP contribution >= 0.6 is 27.3 Å². The first kappa shape index (κ1) is 17.6. The molecule has 0 radical (unpaired) electrons. The number of hydrogen-bond acceptors (Lipinski definition) is 4. The van der Waals surface area contributed by atoms with E-state index in [9.17, 15) is 13.2 Å². The normalized spacial score (nSPS) is 16.3. The molecule has 1 N–H and O–H groups in total. The number of rotatable bonds is 4. The van der Waals surface area contributed by atoms with E-state index in [1.165, 1.54) is 11.3 Å². The molecule has 1 aliphatic rings. The number of nitrogens with one attached hydrogen (secondary N) is 1. The van der Waals surface area contributed by atoms with Crippen molar-refractivity contribution in [2.24, 2.45) is 0 Å². The Labute approximate surface area is 153 Å². The zero-order valence-electron chi connectivity index (χ0n) is 12.8. The van der Waals surface area contributed by atoms with Gasteiger partial charge in [-0.3, -0.25) is 4.79 Å². The van der Waals surface area contributed by atoms with Gasteiger partial charge in [0.15, 0.2) is 0 Å². The number of benzene rings is 1. The van der Waals surface area contributed by atoms with E-state index in [1.807, 2.05) is 6.07 Å². The third kappa shape index (κ3) is 4.05. The molecule has 1 fully saturated rings. The monoisotopic (exact) mass is 428 g/mol. The molecule has 0 spiro atoms. The zero-order valence-corrected chi connectivity index (χ0v) is 16.0. The second-order valence-corrected chi connectivity index (χ2v) is 9.78. The number of hydrogen-bond donors (Lipinski definition) is 1. The van der Waals surface area contributed by atoms with Gasteiger partial charge >= 0.3 is 0 Å². The predicted molar refractivity (Wildman–Crippen MR) is 97.7 cm³/mol. The summed E-state index contributed by atoms with van der Waals surface area (Å²) < 4.78 is 28.4. The van der Waals surface area contributed by atoms with Crippen molar-refractivity contribution >= 4 is 43.2 Å². The van der Waals surface area contributed by atoms with E-state index in [0.717, 1.165) is 3.79 Å². The fourth-order valence-electron chi connectivity index (χ4n) is 2.67. The minimum absolute atomic E-state index is 0.00932. The SMILES string of the molecule is O=C(c1ccc(Br)s1)N1CCC(NS(=O)(=O)c2ccccc2)CC1. The van der Waals surface area contributed by atoms with Gasteiger partial charge in [0, 0.05) is 19.1 Å². The van der Waals surface area contributed by atoms with E-state index in [-0.39, 0.29) is 16.8 Å². The number of nitrogens with zero attached hydrogens (tertiary/aromatic N) is 1. The van der Waals surface area contributed by atoms with E-state index < -0.39 is 10.0 Å². The van der Waals surface area contributed by atoms with Gasteiger partial charge in [-0.05, 0) is 53.0 Å². The number of carbonyl (C=O) groups is 1. The Bertz CT molecular complexity index is 813. The van der Waals surface area contributed by atoms with E-state index in [2.05, 4.69) is 20.7 Å². The van der Waals surface area contributed by atoms with Gasteiger partial charge in [0.2, 0.25) is 10.0 Å². The summed E-state index contributed by atoms with van der Waals surface area (Å²) in [5.74, 6) is 0.00932. The molecular weight excluding hydrogens is 412 g/mol. The standard InChI is InChI=1S/C16H17BrN2O3S2/c17-15-7-6-14(23-15)16(20)19-10-8-12(9-11-19)18-24(21,22)13-4-2-1-3-5-13/h1-7,12,18H,8-11H2. The zero-order chi connectivity index (χ0) is 17.2. The molecule has 0 unspecified atom stereocenters. The molecule has 3 rings (SSSR count). The molecule has 2 aromatic rings. The fourth-order valence-corrected chi connectivity index (χ4v) is 5.35. The topological polar surface area (TPSA) is 66.5 Å². The third-order valence-corrected chi connectivity index (χ3v) is 7.09. The Morgan fingerprint density at radius 1 is 1.12 bits per heavy atom. The Hall–Kier alpha value is -1.22. The summed E-state index contributed by atoms with van der Waals surface area (Å²) in [4.78, 5) is 15.2. The van der Waals surface area contributed by atoms with E-state index in [0.29, 0.717) is 30.8 Å². The van der Waals surface area contributed by atoms with E-state index in [1.54, 1.807) is 41.3 Å². The number of amides is 1. The molecule has 1 amide bonds. The van der Waals surface area contributed by atoms with Crippen LogP contribution in [0.5, 0.6) is 0 Å². The lowest BCUT2D eigenvalue weighted by Crippen LogP contribution is -2.46. The first-order valence-electron chi connectivity index (χ1n) is 7.58. The Balaban J connectivity index is 1.58. The van der Waals surface area contributed by atoms with Crippen LogP contribution in [0.4, 0.5) is 0 Å². The van der Waals surface area contributed by atoms with Crippen LogP contribution in [0.1, 0.15) is 22.5 Å². The van der Waals surface area contributed by atoms with Gasteiger partial charge in [-0.2, -0.15) is 0 Å². The van der Waals surface area contributed by atoms with Crippen LogP contribution < -0.4 is 4.72 Å². The number of carbonyl (C=O) groups excluding carboxylic acids is 1. The summed E-state index contributed by atoms with van der Waals surface area (Å²) in [6.07, 6.45) is 1.23. The van der Waals surface area contributed by atoms with Crippen molar-refractivity contribution in [1.82, 2.24) is 9.62 Å². The molecule has 1 saturated heterocycles. The van der Waals surface area contributed by atoms with Crippen LogP contribution in [-0.4, -0.2) is 38.4 Å². The molecule has 1 aliphatic heterocycles. The van der Waals surface area contributed by atoms with Gasteiger partial charge in [-0.25, -0.2) is 13.1 Å². The largest absolute Gasteiger partial charge is 0.338 e. The third-order valence-electron chi connectivity index (χ3n) is 3.94. The molecule has 8 heteroatoms. The van der Waals surface area contributed by atoms with Crippen LogP contribution in [0.25, 0.3) is 0 Å². The summed E-state index contributed by atoms with van der Waals surface area (Å²) in [7, 11) is -3.50. The summed E-state index contributed by atoms with van der Waals surface area (Å²) in [5.41, 5.74) is 0. The van der Waals surface area contributed by atoms with Crippen molar-refractivity contribution < 1.29 is 13.2 Å². The van der Waals surface area contributed by atoms with Gasteiger partial charge in [-0.1, -0.05) is 18.2 Å². The molecule has 0 bridgehead atoms. The van der Waals surface area contributed by atoms with Crippen molar-refractivity contribution in [3.63, 3.8) is 0 Å². The van der Waals surface area contributed by atoms with Crippen LogP contribution in [0, 0.1) is 0 Å². The molecule has 0 atom stereocenters. The second-order valence-electron chi connectivity index (χ2n) is 5.60. The van der Waals surface area contributed by atoms with Crippen LogP contribution in [0.15, 0.2) is 51.1 Å². The maximum absolute atomic E-state index is 12.4. The summed E-state index contributed by atoms with van der Waals surface area (Å²) in [6, 6.07) is 11.9. The smallest absolute Gasteiger partial charge is 0.263 e. The maximum Gasteiger partial charge on any atom is 0.263 e. The van der Waals surface area contributed by atoms with Crippen LogP contribution in [-0.2, 0) is 10.0 Å². The molecule has 5 nitrogen and oxygen atoms in total. The van der Waals surface area contributed by atoms with Gasteiger partial charge < -0.3 is 4.90 Å². The quantitative estimate of drug-likeness (QED) is 0.813. The van der Waals surface area contributed by atoms with Crippen LogP contribution in [0.3, 0.4) is 0 Å². The summed E-state index contributed by atoms with van der Waals surface area (Å²) >= 11 is 4.77. The average Bonchev–Trinajstić information content (AvgIpc) is 3.02. The lowest BCUT2D eigenvalue weighted by Gasteiger charge is -2.32. The number of sulfonamides is 1. The minimum atomic E-state index is -3.50. The van der Waals surface area contributed by atoms with Crippen LogP contribution in [0.2, 0.25) is 0 Å². The average molecular weight is 429 g/mol. The van der Waals surface area contributed by atoms with E-state index >= 15 is 0 Å². The molecule has 0 aliphatic carbocycles. The van der Waals surface area contributed by atoms with Crippen molar-refractivity contribution in [2.75, 3.05) is 13.1 Å². The highest BCUT2D eigenvalue weighted by atomic mass is 79.9. The Morgan fingerprint density at radius 2 is 1.79 bits per heavy atom. The highest BCUT2D eigenvalue weighted by molar-refractivity contribution is 9.11. The first-order chi connectivity index (χ1) is 11.5. The van der Waals surface area contributed by atoms with Crippen molar-refractivity contribution in [2.45, 2.75) is 23.8 Å². The molecule has 2 heterocycles. The van der Waals surface area contributed by atoms with E-state index in [4.69, 9.17) is 0 Å². The number of piperidine rings is 1.